The summed E-state index contributed by atoms with van der Waals surface area (Å²) in [6, 6.07) is 0. The summed E-state index contributed by atoms with van der Waals surface area (Å²) in [7, 11) is 0. The molecule has 2 nitrogen and oxygen atoms in total. The summed E-state index contributed by atoms with van der Waals surface area (Å²) in [4.78, 5) is 3.97. The molecule has 1 saturated carbocycles. The predicted molar refractivity (Wildman–Crippen MR) is 56.4 cm³/mol. The lowest BCUT2D eigenvalue weighted by molar-refractivity contribution is 0.150. The minimum atomic E-state index is -0.501. The SMILES string of the molecule is Cc1c(CC(O)C2CC2)ncc(F)c1Cl. The third-order valence-corrected chi connectivity index (χ3v) is 3.34. The summed E-state index contributed by atoms with van der Waals surface area (Å²) in [5.74, 6) is -0.103. The molecule has 2 rings (SSSR count). The molecule has 0 bridgehead atoms. The molecule has 0 spiro atoms. The number of pyridine rings is 1. The molecule has 0 aliphatic heterocycles. The number of rotatable bonds is 3. The molecule has 1 unspecified atom stereocenters. The Balaban J connectivity index is 2.17. The highest BCUT2D eigenvalue weighted by Crippen LogP contribution is 2.34. The molecule has 1 aliphatic carbocycles. The Morgan fingerprint density at radius 1 is 1.67 bits per heavy atom. The van der Waals surface area contributed by atoms with E-state index in [1.54, 1.807) is 6.92 Å². The molecule has 1 atom stereocenters. The lowest BCUT2D eigenvalue weighted by Gasteiger charge is -2.11. The van der Waals surface area contributed by atoms with Crippen molar-refractivity contribution in [3.05, 3.63) is 28.3 Å². The minimum Gasteiger partial charge on any atom is -0.392 e. The monoisotopic (exact) mass is 229 g/mol. The van der Waals surface area contributed by atoms with E-state index in [1.165, 1.54) is 0 Å². The van der Waals surface area contributed by atoms with Gasteiger partial charge in [-0.25, -0.2) is 4.39 Å². The molecule has 1 fully saturated rings. The number of aromatic nitrogens is 1. The van der Waals surface area contributed by atoms with E-state index in [0.717, 1.165) is 19.0 Å². The van der Waals surface area contributed by atoms with Crippen LogP contribution in [0.5, 0.6) is 0 Å². The maximum atomic E-state index is 13.0. The fourth-order valence-electron chi connectivity index (χ4n) is 1.65. The minimum absolute atomic E-state index is 0.114. The summed E-state index contributed by atoms with van der Waals surface area (Å²) in [5.41, 5.74) is 1.33. The summed E-state index contributed by atoms with van der Waals surface area (Å²) in [6.07, 6.45) is 3.38. The lowest BCUT2D eigenvalue weighted by Crippen LogP contribution is -2.15. The molecule has 0 saturated heterocycles. The summed E-state index contributed by atoms with van der Waals surface area (Å²) in [6.45, 7) is 1.73. The van der Waals surface area contributed by atoms with Crippen LogP contribution in [0.1, 0.15) is 24.1 Å². The molecule has 82 valence electrons. The van der Waals surface area contributed by atoms with E-state index in [-0.39, 0.29) is 11.1 Å². The van der Waals surface area contributed by atoms with Gasteiger partial charge < -0.3 is 5.11 Å². The van der Waals surface area contributed by atoms with Gasteiger partial charge >= 0.3 is 0 Å². The van der Waals surface area contributed by atoms with Gasteiger partial charge in [-0.15, -0.1) is 0 Å². The maximum Gasteiger partial charge on any atom is 0.160 e. The van der Waals surface area contributed by atoms with Gasteiger partial charge in [-0.1, -0.05) is 11.6 Å². The molecule has 1 aromatic heterocycles. The van der Waals surface area contributed by atoms with Gasteiger partial charge in [0.15, 0.2) is 5.82 Å². The van der Waals surface area contributed by atoms with E-state index in [2.05, 4.69) is 4.98 Å². The smallest absolute Gasteiger partial charge is 0.160 e. The first-order chi connectivity index (χ1) is 7.09. The molecule has 0 radical (unpaired) electrons. The van der Waals surface area contributed by atoms with E-state index in [9.17, 15) is 9.50 Å². The fraction of sp³-hybridized carbons (Fsp3) is 0.545. The first-order valence-corrected chi connectivity index (χ1v) is 5.45. The number of halogens is 2. The van der Waals surface area contributed by atoms with Crippen molar-refractivity contribution in [2.45, 2.75) is 32.3 Å². The molecule has 4 heteroatoms. The average molecular weight is 230 g/mol. The van der Waals surface area contributed by atoms with Crippen molar-refractivity contribution in [3.63, 3.8) is 0 Å². The Labute approximate surface area is 93.1 Å². The first-order valence-electron chi connectivity index (χ1n) is 5.07. The zero-order valence-corrected chi connectivity index (χ0v) is 9.26. The van der Waals surface area contributed by atoms with Crippen molar-refractivity contribution < 1.29 is 9.50 Å². The number of aliphatic hydroxyl groups is 1. The van der Waals surface area contributed by atoms with Gasteiger partial charge in [0.05, 0.1) is 17.3 Å². The van der Waals surface area contributed by atoms with Crippen LogP contribution in [-0.4, -0.2) is 16.2 Å². The van der Waals surface area contributed by atoms with Crippen LogP contribution in [0.4, 0.5) is 4.39 Å². The molecule has 1 N–H and O–H groups in total. The van der Waals surface area contributed by atoms with Crippen molar-refractivity contribution in [1.29, 1.82) is 0 Å². The molecule has 15 heavy (non-hydrogen) atoms. The van der Waals surface area contributed by atoms with Crippen LogP contribution in [0.2, 0.25) is 5.02 Å². The van der Waals surface area contributed by atoms with Gasteiger partial charge in [0.1, 0.15) is 0 Å². The van der Waals surface area contributed by atoms with E-state index < -0.39 is 5.82 Å². The largest absolute Gasteiger partial charge is 0.392 e. The van der Waals surface area contributed by atoms with Gasteiger partial charge in [0.2, 0.25) is 0 Å². The Morgan fingerprint density at radius 3 is 2.93 bits per heavy atom. The van der Waals surface area contributed by atoms with E-state index in [1.807, 2.05) is 0 Å². The van der Waals surface area contributed by atoms with Crippen LogP contribution in [0.25, 0.3) is 0 Å². The Hall–Kier alpha value is -0.670. The number of hydrogen-bond acceptors (Lipinski definition) is 2. The quantitative estimate of drug-likeness (QED) is 0.864. The van der Waals surface area contributed by atoms with Crippen LogP contribution in [-0.2, 0) is 6.42 Å². The van der Waals surface area contributed by atoms with Gasteiger partial charge in [0.25, 0.3) is 0 Å². The average Bonchev–Trinajstić information content (AvgIpc) is 3.02. The van der Waals surface area contributed by atoms with Crippen molar-refractivity contribution in [2.24, 2.45) is 5.92 Å². The number of aliphatic hydroxyl groups excluding tert-OH is 1. The first kappa shape index (κ1) is 10.8. The third-order valence-electron chi connectivity index (χ3n) is 2.87. The van der Waals surface area contributed by atoms with Gasteiger partial charge in [0, 0.05) is 12.1 Å². The third kappa shape index (κ3) is 2.29. The highest BCUT2D eigenvalue weighted by Gasteiger charge is 2.30. The number of hydrogen-bond donors (Lipinski definition) is 1. The van der Waals surface area contributed by atoms with Crippen molar-refractivity contribution in [2.75, 3.05) is 0 Å². The zero-order valence-electron chi connectivity index (χ0n) is 8.50. The predicted octanol–water partition coefficient (Wildman–Crippen LogP) is 2.50. The van der Waals surface area contributed by atoms with Crippen LogP contribution in [0.3, 0.4) is 0 Å². The normalized spacial score (nSPS) is 17.9. The molecule has 1 aliphatic rings. The highest BCUT2D eigenvalue weighted by atomic mass is 35.5. The molecule has 1 heterocycles. The topological polar surface area (TPSA) is 33.1 Å². The highest BCUT2D eigenvalue weighted by molar-refractivity contribution is 6.31. The van der Waals surface area contributed by atoms with Gasteiger partial charge in [-0.05, 0) is 31.2 Å². The summed E-state index contributed by atoms with van der Waals surface area (Å²) >= 11 is 5.76. The van der Waals surface area contributed by atoms with Crippen molar-refractivity contribution in [1.82, 2.24) is 4.98 Å². The summed E-state index contributed by atoms with van der Waals surface area (Å²) in [5, 5.41) is 9.86. The Kier molecular flexibility index (Phi) is 2.94. The molecule has 1 aromatic rings. The second-order valence-electron chi connectivity index (χ2n) is 4.10. The second kappa shape index (κ2) is 4.06. The zero-order chi connectivity index (χ0) is 11.0. The Morgan fingerprint density at radius 2 is 2.33 bits per heavy atom. The lowest BCUT2D eigenvalue weighted by atomic mass is 10.1. The van der Waals surface area contributed by atoms with Crippen LogP contribution < -0.4 is 0 Å². The molecule has 0 aromatic carbocycles. The summed E-state index contributed by atoms with van der Waals surface area (Å²) < 4.78 is 13.0. The van der Waals surface area contributed by atoms with Gasteiger partial charge in [-0.3, -0.25) is 4.98 Å². The van der Waals surface area contributed by atoms with Crippen LogP contribution in [0.15, 0.2) is 6.20 Å². The molecule has 0 amide bonds. The Bertz CT molecular complexity index is 379. The van der Waals surface area contributed by atoms with E-state index >= 15 is 0 Å². The van der Waals surface area contributed by atoms with Crippen LogP contribution >= 0.6 is 11.6 Å². The maximum absolute atomic E-state index is 13.0. The van der Waals surface area contributed by atoms with E-state index in [4.69, 9.17) is 11.6 Å². The number of nitrogens with zero attached hydrogens (tertiary/aromatic N) is 1. The van der Waals surface area contributed by atoms with E-state index in [0.29, 0.717) is 23.6 Å². The second-order valence-corrected chi connectivity index (χ2v) is 4.48. The fourth-order valence-corrected chi connectivity index (χ4v) is 1.80. The molecular weight excluding hydrogens is 217 g/mol. The van der Waals surface area contributed by atoms with Crippen molar-refractivity contribution in [3.8, 4) is 0 Å². The van der Waals surface area contributed by atoms with Crippen LogP contribution in [0, 0.1) is 18.7 Å². The van der Waals surface area contributed by atoms with Crippen molar-refractivity contribution >= 4 is 11.6 Å². The standard InChI is InChI=1S/C11H13ClFNO/c1-6-9(4-10(15)7-2-3-7)14-5-8(13)11(6)12/h5,7,10,15H,2-4H2,1H3. The van der Waals surface area contributed by atoms with Gasteiger partial charge in [-0.2, -0.15) is 0 Å². The molecular formula is C11H13ClFNO.